The first-order valence-electron chi connectivity index (χ1n) is 13.9. The largest absolute Gasteiger partial charge is 0.478 e. The zero-order chi connectivity index (χ0) is 29.8. The van der Waals surface area contributed by atoms with E-state index in [9.17, 15) is 24.6 Å². The van der Waals surface area contributed by atoms with E-state index < -0.39 is 5.97 Å². The number of amides is 2. The highest BCUT2D eigenvalue weighted by Gasteiger charge is 2.29. The van der Waals surface area contributed by atoms with Crippen LogP contribution in [0.2, 0.25) is 0 Å². The van der Waals surface area contributed by atoms with Gasteiger partial charge in [0, 0.05) is 62.5 Å². The molecule has 0 atom stereocenters. The molecule has 1 fully saturated rings. The standard InChI is InChI=1S/C32H35N5O5/c1-35-14-16-37(17-15-35)20-28(39)36(2)25-10-8-24(9-11-25)33-30(22-5-3-21(4-6-22)13-18-38)29-26-19-23(32(41)42)7-12-27(26)34-31(29)40/h3-12,19,33,38H,13-18,20H2,1-2H3,(H,34,40)(H,41,42). The lowest BCUT2D eigenvalue weighted by Gasteiger charge is -2.32. The predicted octanol–water partition coefficient (Wildman–Crippen LogP) is 3.06. The van der Waals surface area contributed by atoms with Gasteiger partial charge in [0.25, 0.3) is 5.91 Å². The fourth-order valence-corrected chi connectivity index (χ4v) is 5.15. The Bertz CT molecular complexity index is 1510. The fraction of sp³-hybridized carbons (Fsp3) is 0.281. The van der Waals surface area contributed by atoms with Crippen molar-refractivity contribution in [3.63, 3.8) is 0 Å². The number of aliphatic hydroxyl groups is 1. The number of carbonyl (C=O) groups excluding carboxylic acids is 2. The van der Waals surface area contributed by atoms with Crippen molar-refractivity contribution in [1.29, 1.82) is 0 Å². The van der Waals surface area contributed by atoms with Crippen LogP contribution in [0, 0.1) is 0 Å². The number of rotatable bonds is 9. The molecule has 0 spiro atoms. The number of nitrogens with one attached hydrogen (secondary N) is 2. The third kappa shape index (κ3) is 6.36. The Hall–Kier alpha value is -4.51. The second kappa shape index (κ2) is 12.6. The molecule has 2 aliphatic rings. The van der Waals surface area contributed by atoms with Crippen molar-refractivity contribution in [2.24, 2.45) is 0 Å². The molecule has 218 valence electrons. The summed E-state index contributed by atoms with van der Waals surface area (Å²) in [6, 6.07) is 19.4. The number of hydrogen-bond donors (Lipinski definition) is 4. The van der Waals surface area contributed by atoms with Crippen molar-refractivity contribution in [2.75, 3.05) is 69.0 Å². The van der Waals surface area contributed by atoms with Gasteiger partial charge in [-0.25, -0.2) is 4.79 Å². The molecule has 4 N–H and O–H groups in total. The lowest BCUT2D eigenvalue weighted by Crippen LogP contribution is -2.48. The number of aliphatic hydroxyl groups excluding tert-OH is 1. The van der Waals surface area contributed by atoms with Gasteiger partial charge in [0.15, 0.2) is 0 Å². The summed E-state index contributed by atoms with van der Waals surface area (Å²) in [6.45, 7) is 4.00. The SMILES string of the molecule is CN1CCN(CC(=O)N(C)c2ccc(NC(=C3C(=O)Nc4ccc(C(=O)O)cc43)c3ccc(CCO)cc3)cc2)CC1. The van der Waals surface area contributed by atoms with Crippen LogP contribution in [0.1, 0.15) is 27.0 Å². The molecule has 10 heteroatoms. The maximum absolute atomic E-state index is 13.2. The minimum absolute atomic E-state index is 0.0134. The monoisotopic (exact) mass is 569 g/mol. The van der Waals surface area contributed by atoms with E-state index in [0.29, 0.717) is 41.2 Å². The Labute approximate surface area is 244 Å². The first-order valence-corrected chi connectivity index (χ1v) is 13.9. The molecule has 1 saturated heterocycles. The molecule has 2 aliphatic heterocycles. The van der Waals surface area contributed by atoms with Crippen LogP contribution in [0.15, 0.2) is 66.7 Å². The minimum atomic E-state index is -1.08. The van der Waals surface area contributed by atoms with Crippen molar-refractivity contribution >= 4 is 46.1 Å². The summed E-state index contributed by atoms with van der Waals surface area (Å²) in [5.74, 6) is -1.42. The van der Waals surface area contributed by atoms with Crippen molar-refractivity contribution in [3.05, 3.63) is 89.0 Å². The lowest BCUT2D eigenvalue weighted by atomic mass is 9.97. The summed E-state index contributed by atoms with van der Waals surface area (Å²) < 4.78 is 0. The Morgan fingerprint density at radius 1 is 0.952 bits per heavy atom. The van der Waals surface area contributed by atoms with Crippen LogP contribution >= 0.6 is 0 Å². The Balaban J connectivity index is 1.44. The molecule has 10 nitrogen and oxygen atoms in total. The van der Waals surface area contributed by atoms with Gasteiger partial charge in [-0.05, 0) is 67.1 Å². The summed E-state index contributed by atoms with van der Waals surface area (Å²) in [7, 11) is 3.85. The molecule has 0 unspecified atom stereocenters. The number of carbonyl (C=O) groups is 3. The van der Waals surface area contributed by atoms with Crippen molar-refractivity contribution < 1.29 is 24.6 Å². The van der Waals surface area contributed by atoms with Gasteiger partial charge >= 0.3 is 5.97 Å². The van der Waals surface area contributed by atoms with Crippen LogP contribution in [0.25, 0.3) is 11.3 Å². The number of piperazine rings is 1. The molecule has 2 heterocycles. The van der Waals surface area contributed by atoms with Crippen LogP contribution in [0.3, 0.4) is 0 Å². The molecule has 0 bridgehead atoms. The molecule has 42 heavy (non-hydrogen) atoms. The number of aromatic carboxylic acids is 1. The van der Waals surface area contributed by atoms with E-state index in [2.05, 4.69) is 27.5 Å². The molecule has 3 aromatic carbocycles. The number of likely N-dealkylation sites (N-methyl/N-ethyl adjacent to an activating group) is 2. The van der Waals surface area contributed by atoms with Gasteiger partial charge in [-0.1, -0.05) is 24.3 Å². The fourth-order valence-electron chi connectivity index (χ4n) is 5.15. The summed E-state index contributed by atoms with van der Waals surface area (Å²) in [4.78, 5) is 44.0. The normalized spacial score (nSPS) is 16.5. The van der Waals surface area contributed by atoms with E-state index >= 15 is 0 Å². The summed E-state index contributed by atoms with van der Waals surface area (Å²) in [6.07, 6.45) is 0.507. The minimum Gasteiger partial charge on any atom is -0.478 e. The molecule has 5 rings (SSSR count). The Morgan fingerprint density at radius 2 is 1.62 bits per heavy atom. The van der Waals surface area contributed by atoms with Crippen molar-refractivity contribution in [3.8, 4) is 0 Å². The number of benzene rings is 3. The second-order valence-corrected chi connectivity index (χ2v) is 10.6. The molecule has 0 radical (unpaired) electrons. The molecular formula is C32H35N5O5. The highest BCUT2D eigenvalue weighted by Crippen LogP contribution is 2.38. The number of fused-ring (bicyclic) bond motifs is 1. The molecule has 0 saturated carbocycles. The maximum atomic E-state index is 13.2. The number of carboxylic acids is 1. The molecule has 3 aromatic rings. The predicted molar refractivity (Wildman–Crippen MR) is 163 cm³/mol. The molecule has 2 amide bonds. The molecule has 0 aliphatic carbocycles. The van der Waals surface area contributed by atoms with E-state index in [1.807, 2.05) is 48.5 Å². The van der Waals surface area contributed by atoms with Gasteiger partial charge in [-0.2, -0.15) is 0 Å². The van der Waals surface area contributed by atoms with Gasteiger partial charge < -0.3 is 30.6 Å². The molecular weight excluding hydrogens is 534 g/mol. The van der Waals surface area contributed by atoms with Crippen molar-refractivity contribution in [2.45, 2.75) is 6.42 Å². The van der Waals surface area contributed by atoms with Crippen LogP contribution in [-0.2, 0) is 16.0 Å². The van der Waals surface area contributed by atoms with Gasteiger partial charge in [-0.15, -0.1) is 0 Å². The van der Waals surface area contributed by atoms with Gasteiger partial charge in [0.2, 0.25) is 5.91 Å². The first-order chi connectivity index (χ1) is 20.2. The highest BCUT2D eigenvalue weighted by molar-refractivity contribution is 6.37. The van der Waals surface area contributed by atoms with Crippen LogP contribution < -0.4 is 15.5 Å². The number of nitrogens with zero attached hydrogens (tertiary/aromatic N) is 3. The first kappa shape index (κ1) is 29.0. The van der Waals surface area contributed by atoms with E-state index in [-0.39, 0.29) is 24.0 Å². The zero-order valence-corrected chi connectivity index (χ0v) is 23.8. The average molecular weight is 570 g/mol. The maximum Gasteiger partial charge on any atom is 0.335 e. The third-order valence-electron chi connectivity index (χ3n) is 7.76. The van der Waals surface area contributed by atoms with Gasteiger partial charge in [0.05, 0.1) is 23.4 Å². The van der Waals surface area contributed by atoms with Crippen LogP contribution in [0.5, 0.6) is 0 Å². The summed E-state index contributed by atoms with van der Waals surface area (Å²) in [5, 5.41) is 25.1. The molecule has 0 aromatic heterocycles. The summed E-state index contributed by atoms with van der Waals surface area (Å²) in [5.41, 5.74) is 5.05. The quantitative estimate of drug-likeness (QED) is 0.290. The van der Waals surface area contributed by atoms with Gasteiger partial charge in [-0.3, -0.25) is 14.5 Å². The zero-order valence-electron chi connectivity index (χ0n) is 23.8. The highest BCUT2D eigenvalue weighted by atomic mass is 16.4. The van der Waals surface area contributed by atoms with Crippen molar-refractivity contribution in [1.82, 2.24) is 9.80 Å². The number of hydrogen-bond acceptors (Lipinski definition) is 7. The summed E-state index contributed by atoms with van der Waals surface area (Å²) >= 11 is 0. The third-order valence-corrected chi connectivity index (χ3v) is 7.76. The number of anilines is 3. The van der Waals surface area contributed by atoms with Crippen LogP contribution in [0.4, 0.5) is 17.1 Å². The Morgan fingerprint density at radius 3 is 2.26 bits per heavy atom. The van der Waals surface area contributed by atoms with E-state index in [1.165, 1.54) is 12.1 Å². The average Bonchev–Trinajstić information content (AvgIpc) is 3.32. The van der Waals surface area contributed by atoms with E-state index in [0.717, 1.165) is 43.0 Å². The Kier molecular flexibility index (Phi) is 8.67. The van der Waals surface area contributed by atoms with Gasteiger partial charge in [0.1, 0.15) is 0 Å². The van der Waals surface area contributed by atoms with E-state index in [4.69, 9.17) is 0 Å². The topological polar surface area (TPSA) is 125 Å². The van der Waals surface area contributed by atoms with E-state index in [1.54, 1.807) is 18.0 Å². The lowest BCUT2D eigenvalue weighted by molar-refractivity contribution is -0.119. The number of carboxylic acid groups (broad SMARTS) is 1. The second-order valence-electron chi connectivity index (χ2n) is 10.6. The van der Waals surface area contributed by atoms with Crippen LogP contribution in [-0.4, -0.2) is 91.2 Å². The smallest absolute Gasteiger partial charge is 0.335 e.